The fourth-order valence-electron chi connectivity index (χ4n) is 2.04. The second kappa shape index (κ2) is 7.61. The van der Waals surface area contributed by atoms with Crippen LogP contribution in [0.4, 0.5) is 0 Å². The van der Waals surface area contributed by atoms with E-state index in [0.29, 0.717) is 12.3 Å². The van der Waals surface area contributed by atoms with Crippen LogP contribution in [0.2, 0.25) is 0 Å². The molecule has 0 heterocycles. The molecule has 0 aromatic heterocycles. The second-order valence-electron chi connectivity index (χ2n) is 4.70. The number of rotatable bonds is 8. The van der Waals surface area contributed by atoms with Gasteiger partial charge in [0.15, 0.2) is 0 Å². The van der Waals surface area contributed by atoms with Crippen LogP contribution in [-0.4, -0.2) is 21.6 Å². The third-order valence-corrected chi connectivity index (χ3v) is 4.75. The Morgan fingerprint density at radius 1 is 1.35 bits per heavy atom. The number of benzene rings is 1. The van der Waals surface area contributed by atoms with Crippen LogP contribution in [0.1, 0.15) is 38.7 Å². The predicted molar refractivity (Wildman–Crippen MR) is 80.2 cm³/mol. The van der Waals surface area contributed by atoms with E-state index in [9.17, 15) is 8.42 Å². The highest BCUT2D eigenvalue weighted by Crippen LogP contribution is 2.25. The van der Waals surface area contributed by atoms with Gasteiger partial charge in [-0.15, -0.1) is 0 Å². The van der Waals surface area contributed by atoms with E-state index in [0.717, 1.165) is 24.8 Å². The lowest BCUT2D eigenvalue weighted by atomic mass is 10.1. The van der Waals surface area contributed by atoms with E-state index in [1.54, 1.807) is 18.2 Å². The molecule has 0 bridgehead atoms. The zero-order valence-corrected chi connectivity index (χ0v) is 13.2. The van der Waals surface area contributed by atoms with Crippen molar-refractivity contribution in [3.05, 3.63) is 23.8 Å². The first kappa shape index (κ1) is 16.9. The third kappa shape index (κ3) is 4.19. The quantitative estimate of drug-likeness (QED) is 0.769. The summed E-state index contributed by atoms with van der Waals surface area (Å²) >= 11 is 0. The molecule has 0 aliphatic rings. The molecule has 1 unspecified atom stereocenters. The van der Waals surface area contributed by atoms with Gasteiger partial charge in [-0.05, 0) is 30.5 Å². The van der Waals surface area contributed by atoms with Crippen molar-refractivity contribution in [3.8, 4) is 5.75 Å². The van der Waals surface area contributed by atoms with Crippen molar-refractivity contribution in [2.75, 3.05) is 7.11 Å². The number of hydrogen-bond acceptors (Lipinski definition) is 4. The molecular weight excluding hydrogens is 276 g/mol. The van der Waals surface area contributed by atoms with Crippen molar-refractivity contribution < 1.29 is 13.2 Å². The van der Waals surface area contributed by atoms with E-state index in [4.69, 9.17) is 10.5 Å². The normalized spacial score (nSPS) is 13.2. The first-order valence-corrected chi connectivity index (χ1v) is 8.36. The Kier molecular flexibility index (Phi) is 6.45. The van der Waals surface area contributed by atoms with Crippen LogP contribution in [0.25, 0.3) is 0 Å². The average molecular weight is 300 g/mol. The summed E-state index contributed by atoms with van der Waals surface area (Å²) in [7, 11) is -2.14. The minimum Gasteiger partial charge on any atom is -0.495 e. The van der Waals surface area contributed by atoms with E-state index in [1.165, 1.54) is 7.11 Å². The van der Waals surface area contributed by atoms with Gasteiger partial charge in [0, 0.05) is 12.6 Å². The summed E-state index contributed by atoms with van der Waals surface area (Å²) in [5.41, 5.74) is 6.33. The Hall–Kier alpha value is -1.11. The SMILES string of the molecule is CCCC(CC)NS(=O)(=O)c1cc(CN)ccc1OC. The van der Waals surface area contributed by atoms with Crippen molar-refractivity contribution in [1.29, 1.82) is 0 Å². The Morgan fingerprint density at radius 3 is 2.55 bits per heavy atom. The van der Waals surface area contributed by atoms with E-state index >= 15 is 0 Å². The summed E-state index contributed by atoms with van der Waals surface area (Å²) in [6.07, 6.45) is 2.50. The third-order valence-electron chi connectivity index (χ3n) is 3.21. The van der Waals surface area contributed by atoms with Gasteiger partial charge in [-0.2, -0.15) is 0 Å². The van der Waals surface area contributed by atoms with E-state index in [2.05, 4.69) is 4.72 Å². The number of methoxy groups -OCH3 is 1. The van der Waals surface area contributed by atoms with Gasteiger partial charge >= 0.3 is 0 Å². The molecule has 3 N–H and O–H groups in total. The molecular formula is C14H24N2O3S. The van der Waals surface area contributed by atoms with Crippen molar-refractivity contribution in [2.45, 2.75) is 50.6 Å². The average Bonchev–Trinajstić information content (AvgIpc) is 2.45. The van der Waals surface area contributed by atoms with Crippen molar-refractivity contribution in [1.82, 2.24) is 4.72 Å². The monoisotopic (exact) mass is 300 g/mol. The Balaban J connectivity index is 3.13. The lowest BCUT2D eigenvalue weighted by Gasteiger charge is -2.18. The Labute approximate surface area is 121 Å². The molecule has 5 nitrogen and oxygen atoms in total. The van der Waals surface area contributed by atoms with Crippen molar-refractivity contribution in [3.63, 3.8) is 0 Å². The highest BCUT2D eigenvalue weighted by Gasteiger charge is 2.22. The largest absolute Gasteiger partial charge is 0.495 e. The lowest BCUT2D eigenvalue weighted by Crippen LogP contribution is -2.34. The van der Waals surface area contributed by atoms with Crippen LogP contribution in [0.3, 0.4) is 0 Å². The first-order valence-electron chi connectivity index (χ1n) is 6.87. The molecule has 0 saturated heterocycles. The summed E-state index contributed by atoms with van der Waals surface area (Å²) in [6, 6.07) is 4.91. The van der Waals surface area contributed by atoms with Gasteiger partial charge in [0.25, 0.3) is 0 Å². The van der Waals surface area contributed by atoms with Gasteiger partial charge in [0.1, 0.15) is 10.6 Å². The zero-order valence-electron chi connectivity index (χ0n) is 12.3. The summed E-state index contributed by atoms with van der Waals surface area (Å²) in [6.45, 7) is 4.29. The second-order valence-corrected chi connectivity index (χ2v) is 6.39. The first-order chi connectivity index (χ1) is 9.48. The van der Waals surface area contributed by atoms with Crippen LogP contribution in [0.5, 0.6) is 5.75 Å². The van der Waals surface area contributed by atoms with E-state index in [1.807, 2.05) is 13.8 Å². The minimum absolute atomic E-state index is 0.0590. The Morgan fingerprint density at radius 2 is 2.05 bits per heavy atom. The van der Waals surface area contributed by atoms with Gasteiger partial charge in [0.2, 0.25) is 10.0 Å². The Bertz CT molecular complexity index is 529. The topological polar surface area (TPSA) is 81.4 Å². The molecule has 1 aromatic rings. The van der Waals surface area contributed by atoms with Gasteiger partial charge in [-0.1, -0.05) is 26.3 Å². The van der Waals surface area contributed by atoms with Crippen molar-refractivity contribution in [2.24, 2.45) is 5.73 Å². The highest BCUT2D eigenvalue weighted by atomic mass is 32.2. The summed E-state index contributed by atoms with van der Waals surface area (Å²) in [4.78, 5) is 0.150. The molecule has 0 radical (unpaired) electrons. The van der Waals surface area contributed by atoms with Crippen LogP contribution in [-0.2, 0) is 16.6 Å². The molecule has 0 aliphatic carbocycles. The van der Waals surface area contributed by atoms with Gasteiger partial charge in [-0.3, -0.25) is 0 Å². The molecule has 114 valence electrons. The van der Waals surface area contributed by atoms with Gasteiger partial charge < -0.3 is 10.5 Å². The lowest BCUT2D eigenvalue weighted by molar-refractivity contribution is 0.401. The fraction of sp³-hybridized carbons (Fsp3) is 0.571. The highest BCUT2D eigenvalue weighted by molar-refractivity contribution is 7.89. The molecule has 1 aromatic carbocycles. The molecule has 0 saturated carbocycles. The standard InChI is InChI=1S/C14H24N2O3S/c1-4-6-12(5-2)16-20(17,18)14-9-11(10-15)7-8-13(14)19-3/h7-9,12,16H,4-6,10,15H2,1-3H3. The summed E-state index contributed by atoms with van der Waals surface area (Å²) < 4.78 is 32.9. The molecule has 0 amide bonds. The minimum atomic E-state index is -3.60. The summed E-state index contributed by atoms with van der Waals surface area (Å²) in [5, 5.41) is 0. The maximum Gasteiger partial charge on any atom is 0.244 e. The molecule has 6 heteroatoms. The fourth-order valence-corrected chi connectivity index (χ4v) is 3.61. The predicted octanol–water partition coefficient (Wildman–Crippen LogP) is 2.01. The van der Waals surface area contributed by atoms with Crippen LogP contribution in [0, 0.1) is 0 Å². The van der Waals surface area contributed by atoms with Crippen molar-refractivity contribution >= 4 is 10.0 Å². The molecule has 20 heavy (non-hydrogen) atoms. The van der Waals surface area contributed by atoms with Gasteiger partial charge in [-0.25, -0.2) is 13.1 Å². The molecule has 0 aliphatic heterocycles. The van der Waals surface area contributed by atoms with Crippen LogP contribution >= 0.6 is 0 Å². The number of nitrogens with two attached hydrogens (primary N) is 1. The molecule has 1 rings (SSSR count). The van der Waals surface area contributed by atoms with Crippen LogP contribution in [0.15, 0.2) is 23.1 Å². The van der Waals surface area contributed by atoms with Crippen LogP contribution < -0.4 is 15.2 Å². The zero-order chi connectivity index (χ0) is 15.2. The maximum absolute atomic E-state index is 12.5. The number of nitrogens with one attached hydrogen (secondary N) is 1. The van der Waals surface area contributed by atoms with E-state index < -0.39 is 10.0 Å². The maximum atomic E-state index is 12.5. The molecule has 0 spiro atoms. The number of sulfonamides is 1. The summed E-state index contributed by atoms with van der Waals surface area (Å²) in [5.74, 6) is 0.334. The van der Waals surface area contributed by atoms with E-state index in [-0.39, 0.29) is 10.9 Å². The number of hydrogen-bond donors (Lipinski definition) is 2. The van der Waals surface area contributed by atoms with Gasteiger partial charge in [0.05, 0.1) is 7.11 Å². The smallest absolute Gasteiger partial charge is 0.244 e. The molecule has 1 atom stereocenters. The number of ether oxygens (including phenoxy) is 1. The molecule has 0 fully saturated rings.